The molecule has 0 bridgehead atoms. The van der Waals surface area contributed by atoms with E-state index in [1.54, 1.807) is 0 Å². The Morgan fingerprint density at radius 2 is 2.12 bits per heavy atom. The molecule has 0 fully saturated rings. The molecule has 92 valence electrons. The molecule has 1 aliphatic heterocycles. The Hall–Kier alpha value is -0.500. The van der Waals surface area contributed by atoms with E-state index in [9.17, 15) is 5.11 Å². The third-order valence-electron chi connectivity index (χ3n) is 4.67. The third-order valence-corrected chi connectivity index (χ3v) is 4.67. The van der Waals surface area contributed by atoms with E-state index in [0.717, 1.165) is 25.7 Å². The number of aliphatic hydroxyl groups is 1. The quantitative estimate of drug-likeness (QED) is 0.741. The topological polar surface area (TPSA) is 29.5 Å². The molecule has 0 spiro atoms. The molecule has 0 aromatic rings. The average Bonchev–Trinajstić information content (AvgIpc) is 2.28. The lowest BCUT2D eigenvalue weighted by molar-refractivity contribution is -0.0472. The lowest BCUT2D eigenvalue weighted by Gasteiger charge is -2.44. The van der Waals surface area contributed by atoms with Crippen LogP contribution in [0.3, 0.4) is 0 Å². The van der Waals surface area contributed by atoms with E-state index in [0.29, 0.717) is 11.8 Å². The van der Waals surface area contributed by atoms with Gasteiger partial charge in [-0.15, -0.1) is 0 Å². The fraction of sp³-hybridized carbons (Fsp3) is 0.857. The Kier molecular flexibility index (Phi) is 3.04. The van der Waals surface area contributed by atoms with E-state index in [2.05, 4.69) is 27.7 Å². The summed E-state index contributed by atoms with van der Waals surface area (Å²) in [5, 5.41) is 9.98. The van der Waals surface area contributed by atoms with Crippen LogP contribution in [0.2, 0.25) is 0 Å². The van der Waals surface area contributed by atoms with Gasteiger partial charge in [0.1, 0.15) is 5.60 Å². The number of hydrogen-bond donors (Lipinski definition) is 1. The summed E-state index contributed by atoms with van der Waals surface area (Å²) in [6, 6.07) is 0. The first-order chi connectivity index (χ1) is 7.47. The van der Waals surface area contributed by atoms with Crippen molar-refractivity contribution in [1.29, 1.82) is 0 Å². The lowest BCUT2D eigenvalue weighted by atomic mass is 9.75. The highest BCUT2D eigenvalue weighted by Gasteiger charge is 2.39. The molecule has 2 rings (SSSR count). The van der Waals surface area contributed by atoms with Gasteiger partial charge in [0.2, 0.25) is 0 Å². The standard InChI is InChI=1S/C14H24O2/c1-5-14(4)7-6-11-8-12(15)9(2)10(3)13(11)16-14/h9-10,12,15H,5-8H2,1-4H3. The van der Waals surface area contributed by atoms with Gasteiger partial charge < -0.3 is 9.84 Å². The number of rotatable bonds is 1. The first-order valence-electron chi connectivity index (χ1n) is 6.56. The van der Waals surface area contributed by atoms with E-state index in [4.69, 9.17) is 4.74 Å². The fourth-order valence-corrected chi connectivity index (χ4v) is 2.80. The van der Waals surface area contributed by atoms with Crippen LogP contribution < -0.4 is 0 Å². The van der Waals surface area contributed by atoms with E-state index in [-0.39, 0.29) is 11.7 Å². The van der Waals surface area contributed by atoms with Gasteiger partial charge in [-0.05, 0) is 44.1 Å². The molecule has 2 aliphatic rings. The molecule has 0 aromatic carbocycles. The van der Waals surface area contributed by atoms with Gasteiger partial charge in [-0.2, -0.15) is 0 Å². The predicted octanol–water partition coefficient (Wildman–Crippen LogP) is 3.26. The van der Waals surface area contributed by atoms with Crippen molar-refractivity contribution in [3.8, 4) is 0 Å². The smallest absolute Gasteiger partial charge is 0.106 e. The molecule has 1 aliphatic carbocycles. The highest BCUT2D eigenvalue weighted by atomic mass is 16.5. The summed E-state index contributed by atoms with van der Waals surface area (Å²) >= 11 is 0. The largest absolute Gasteiger partial charge is 0.492 e. The molecule has 0 amide bonds. The van der Waals surface area contributed by atoms with Gasteiger partial charge in [0.05, 0.1) is 11.9 Å². The van der Waals surface area contributed by atoms with E-state index >= 15 is 0 Å². The Morgan fingerprint density at radius 3 is 2.75 bits per heavy atom. The van der Waals surface area contributed by atoms with Crippen molar-refractivity contribution >= 4 is 0 Å². The monoisotopic (exact) mass is 224 g/mol. The zero-order chi connectivity index (χ0) is 11.9. The zero-order valence-corrected chi connectivity index (χ0v) is 10.9. The molecule has 16 heavy (non-hydrogen) atoms. The van der Waals surface area contributed by atoms with Crippen LogP contribution in [0.4, 0.5) is 0 Å². The van der Waals surface area contributed by atoms with Crippen LogP contribution in [0.25, 0.3) is 0 Å². The zero-order valence-electron chi connectivity index (χ0n) is 10.9. The summed E-state index contributed by atoms with van der Waals surface area (Å²) in [7, 11) is 0. The minimum atomic E-state index is -0.177. The second kappa shape index (κ2) is 4.06. The first kappa shape index (κ1) is 12.0. The SMILES string of the molecule is CCC1(C)CCC2=C(O1)C(C)C(C)C(O)C2. The fourth-order valence-electron chi connectivity index (χ4n) is 2.80. The first-order valence-corrected chi connectivity index (χ1v) is 6.56. The molecular formula is C14H24O2. The van der Waals surface area contributed by atoms with Gasteiger partial charge in [0.25, 0.3) is 0 Å². The second-order valence-corrected chi connectivity index (χ2v) is 5.79. The van der Waals surface area contributed by atoms with Gasteiger partial charge in [0, 0.05) is 5.92 Å². The third kappa shape index (κ3) is 1.88. The second-order valence-electron chi connectivity index (χ2n) is 5.79. The van der Waals surface area contributed by atoms with Gasteiger partial charge in [-0.25, -0.2) is 0 Å². The van der Waals surface area contributed by atoms with Gasteiger partial charge >= 0.3 is 0 Å². The molecule has 2 nitrogen and oxygen atoms in total. The van der Waals surface area contributed by atoms with Crippen molar-refractivity contribution in [2.75, 3.05) is 0 Å². The van der Waals surface area contributed by atoms with Crippen molar-refractivity contribution in [3.63, 3.8) is 0 Å². The molecule has 0 saturated carbocycles. The Balaban J connectivity index is 2.25. The molecule has 1 N–H and O–H groups in total. The van der Waals surface area contributed by atoms with Crippen LogP contribution in [-0.2, 0) is 4.74 Å². The van der Waals surface area contributed by atoms with Gasteiger partial charge in [-0.3, -0.25) is 0 Å². The van der Waals surface area contributed by atoms with E-state index < -0.39 is 0 Å². The summed E-state index contributed by atoms with van der Waals surface area (Å²) in [5.41, 5.74) is 1.39. The summed E-state index contributed by atoms with van der Waals surface area (Å²) < 4.78 is 6.23. The van der Waals surface area contributed by atoms with Crippen molar-refractivity contribution in [2.45, 2.75) is 65.1 Å². The van der Waals surface area contributed by atoms with Crippen molar-refractivity contribution < 1.29 is 9.84 Å². The maximum absolute atomic E-state index is 9.98. The maximum Gasteiger partial charge on any atom is 0.106 e. The normalized spacial score (nSPS) is 43.9. The Labute approximate surface area is 98.7 Å². The molecule has 0 aromatic heterocycles. The molecular weight excluding hydrogens is 200 g/mol. The lowest BCUT2D eigenvalue weighted by Crippen LogP contribution is -2.39. The summed E-state index contributed by atoms with van der Waals surface area (Å²) in [4.78, 5) is 0. The van der Waals surface area contributed by atoms with Gasteiger partial charge in [0.15, 0.2) is 0 Å². The van der Waals surface area contributed by atoms with Crippen molar-refractivity contribution in [1.82, 2.24) is 0 Å². The Bertz CT molecular complexity index is 308. The molecule has 2 heteroatoms. The Morgan fingerprint density at radius 1 is 1.44 bits per heavy atom. The van der Waals surface area contributed by atoms with Crippen molar-refractivity contribution in [2.24, 2.45) is 11.8 Å². The average molecular weight is 224 g/mol. The highest BCUT2D eigenvalue weighted by Crippen LogP contribution is 2.44. The van der Waals surface area contributed by atoms with E-state index in [1.165, 1.54) is 11.3 Å². The van der Waals surface area contributed by atoms with Crippen LogP contribution >= 0.6 is 0 Å². The van der Waals surface area contributed by atoms with E-state index in [1.807, 2.05) is 0 Å². The van der Waals surface area contributed by atoms with Crippen molar-refractivity contribution in [3.05, 3.63) is 11.3 Å². The number of hydrogen-bond acceptors (Lipinski definition) is 2. The minimum Gasteiger partial charge on any atom is -0.492 e. The highest BCUT2D eigenvalue weighted by molar-refractivity contribution is 5.21. The molecule has 0 saturated heterocycles. The van der Waals surface area contributed by atoms with Crippen LogP contribution in [-0.4, -0.2) is 16.8 Å². The predicted molar refractivity (Wildman–Crippen MR) is 65.0 cm³/mol. The minimum absolute atomic E-state index is 0.0229. The number of aliphatic hydroxyl groups excluding tert-OH is 1. The van der Waals surface area contributed by atoms with Crippen LogP contribution in [0, 0.1) is 11.8 Å². The van der Waals surface area contributed by atoms with Crippen LogP contribution in [0.5, 0.6) is 0 Å². The van der Waals surface area contributed by atoms with Gasteiger partial charge in [-0.1, -0.05) is 20.8 Å². The number of allylic oxidation sites excluding steroid dienone is 1. The molecule has 0 radical (unpaired) electrons. The molecule has 1 heterocycles. The maximum atomic E-state index is 9.98. The molecule has 4 atom stereocenters. The summed E-state index contributed by atoms with van der Waals surface area (Å²) in [6.07, 6.45) is 3.90. The van der Waals surface area contributed by atoms with Crippen LogP contribution in [0.1, 0.15) is 53.4 Å². The molecule has 4 unspecified atom stereocenters. The summed E-state index contributed by atoms with van der Waals surface area (Å²) in [6.45, 7) is 8.71. The number of ether oxygens (including phenoxy) is 1. The summed E-state index contributed by atoms with van der Waals surface area (Å²) in [5.74, 6) is 1.87. The van der Waals surface area contributed by atoms with Crippen LogP contribution in [0.15, 0.2) is 11.3 Å².